The van der Waals surface area contributed by atoms with Crippen LogP contribution in [-0.4, -0.2) is 12.6 Å². The predicted molar refractivity (Wildman–Crippen MR) is 97.2 cm³/mol. The molecule has 0 aliphatic rings. The average Bonchev–Trinajstić information content (AvgIpc) is 2.84. The Morgan fingerprint density at radius 3 is 2.48 bits per heavy atom. The highest BCUT2D eigenvalue weighted by Crippen LogP contribution is 2.26. The minimum Gasteiger partial charge on any atom is -0.314 e. The molecule has 0 aliphatic heterocycles. The molecule has 1 aromatic carbocycles. The van der Waals surface area contributed by atoms with Gasteiger partial charge in [-0.3, -0.25) is 0 Å². The summed E-state index contributed by atoms with van der Waals surface area (Å²) in [6.45, 7) is 7.71. The summed E-state index contributed by atoms with van der Waals surface area (Å²) in [7, 11) is 0. The number of thiophene rings is 1. The van der Waals surface area contributed by atoms with E-state index in [-0.39, 0.29) is 0 Å². The van der Waals surface area contributed by atoms with Gasteiger partial charge >= 0.3 is 0 Å². The molecule has 1 heterocycles. The van der Waals surface area contributed by atoms with E-state index in [0.717, 1.165) is 19.4 Å². The number of aryl methyl sites for hydroxylation is 1. The first-order chi connectivity index (χ1) is 10.0. The standard InChI is InChI=1S/C18H24BrNS/c1-13(2)20-12-15(11-17-8-9-18(19)21-17)10-16-7-5-4-6-14(16)3/h4-9,13,15,20H,10-12H2,1-3H3. The van der Waals surface area contributed by atoms with Gasteiger partial charge in [-0.15, -0.1) is 11.3 Å². The van der Waals surface area contributed by atoms with Crippen molar-refractivity contribution in [3.63, 3.8) is 0 Å². The Bertz CT molecular complexity index is 562. The molecule has 2 aromatic rings. The van der Waals surface area contributed by atoms with Crippen LogP contribution in [0.15, 0.2) is 40.2 Å². The van der Waals surface area contributed by atoms with Crippen LogP contribution in [0.5, 0.6) is 0 Å². The average molecular weight is 366 g/mol. The van der Waals surface area contributed by atoms with Crippen molar-refractivity contribution in [2.24, 2.45) is 5.92 Å². The first-order valence-corrected chi connectivity index (χ1v) is 9.17. The lowest BCUT2D eigenvalue weighted by molar-refractivity contribution is 0.446. The summed E-state index contributed by atoms with van der Waals surface area (Å²) >= 11 is 5.42. The minimum absolute atomic E-state index is 0.541. The normalized spacial score (nSPS) is 12.8. The van der Waals surface area contributed by atoms with Crippen LogP contribution in [0.4, 0.5) is 0 Å². The van der Waals surface area contributed by atoms with E-state index < -0.39 is 0 Å². The van der Waals surface area contributed by atoms with Gasteiger partial charge in [-0.25, -0.2) is 0 Å². The summed E-state index contributed by atoms with van der Waals surface area (Å²) in [5, 5.41) is 3.61. The topological polar surface area (TPSA) is 12.0 Å². The van der Waals surface area contributed by atoms with Gasteiger partial charge in [0.15, 0.2) is 0 Å². The van der Waals surface area contributed by atoms with E-state index >= 15 is 0 Å². The summed E-state index contributed by atoms with van der Waals surface area (Å²) in [4.78, 5) is 1.46. The molecule has 0 bridgehead atoms. The van der Waals surface area contributed by atoms with Gasteiger partial charge in [-0.1, -0.05) is 38.1 Å². The first kappa shape index (κ1) is 16.7. The molecule has 2 rings (SSSR count). The Balaban J connectivity index is 2.06. The Morgan fingerprint density at radius 2 is 1.86 bits per heavy atom. The highest BCUT2D eigenvalue weighted by molar-refractivity contribution is 9.11. The summed E-state index contributed by atoms with van der Waals surface area (Å²) in [6, 6.07) is 13.7. The first-order valence-electron chi connectivity index (χ1n) is 7.56. The number of hydrogen-bond donors (Lipinski definition) is 1. The van der Waals surface area contributed by atoms with Crippen LogP contribution in [0, 0.1) is 12.8 Å². The van der Waals surface area contributed by atoms with Gasteiger partial charge in [0, 0.05) is 10.9 Å². The molecular weight excluding hydrogens is 342 g/mol. The Morgan fingerprint density at radius 1 is 1.10 bits per heavy atom. The Labute approximate surface area is 140 Å². The number of halogens is 1. The summed E-state index contributed by atoms with van der Waals surface area (Å²) in [5.74, 6) is 0.638. The molecule has 0 spiro atoms. The van der Waals surface area contributed by atoms with Gasteiger partial charge in [0.05, 0.1) is 3.79 Å². The van der Waals surface area contributed by atoms with E-state index in [1.807, 2.05) is 11.3 Å². The maximum absolute atomic E-state index is 3.61. The van der Waals surface area contributed by atoms with Crippen LogP contribution in [0.3, 0.4) is 0 Å². The molecule has 0 saturated carbocycles. The Hall–Kier alpha value is -0.640. The zero-order valence-electron chi connectivity index (χ0n) is 13.0. The molecule has 1 aromatic heterocycles. The van der Waals surface area contributed by atoms with Crippen LogP contribution >= 0.6 is 27.3 Å². The number of rotatable bonds is 7. The summed E-state index contributed by atoms with van der Waals surface area (Å²) < 4.78 is 1.23. The van der Waals surface area contributed by atoms with Gasteiger partial charge in [-0.05, 0) is 71.4 Å². The predicted octanol–water partition coefficient (Wildman–Crippen LogP) is 5.22. The summed E-state index contributed by atoms with van der Waals surface area (Å²) in [6.07, 6.45) is 2.28. The van der Waals surface area contributed by atoms with Crippen molar-refractivity contribution in [1.82, 2.24) is 5.32 Å². The monoisotopic (exact) mass is 365 g/mol. The smallest absolute Gasteiger partial charge is 0.0701 e. The third-order valence-electron chi connectivity index (χ3n) is 3.70. The molecule has 0 amide bonds. The molecule has 3 heteroatoms. The van der Waals surface area contributed by atoms with Crippen molar-refractivity contribution in [2.45, 2.75) is 39.7 Å². The molecule has 1 N–H and O–H groups in total. The third-order valence-corrected chi connectivity index (χ3v) is 5.35. The largest absolute Gasteiger partial charge is 0.314 e. The fourth-order valence-corrected chi connectivity index (χ4v) is 4.11. The second-order valence-electron chi connectivity index (χ2n) is 5.97. The molecule has 21 heavy (non-hydrogen) atoms. The van der Waals surface area contributed by atoms with Gasteiger partial charge in [0.2, 0.25) is 0 Å². The van der Waals surface area contributed by atoms with Gasteiger partial charge in [-0.2, -0.15) is 0 Å². The van der Waals surface area contributed by atoms with Crippen molar-refractivity contribution in [1.29, 1.82) is 0 Å². The number of hydrogen-bond acceptors (Lipinski definition) is 2. The molecular formula is C18H24BrNS. The second kappa shape index (κ2) is 8.11. The maximum atomic E-state index is 3.61. The number of nitrogens with one attached hydrogen (secondary N) is 1. The van der Waals surface area contributed by atoms with Crippen LogP contribution in [0.25, 0.3) is 0 Å². The Kier molecular flexibility index (Phi) is 6.46. The van der Waals surface area contributed by atoms with Crippen LogP contribution in [0.2, 0.25) is 0 Å². The van der Waals surface area contributed by atoms with Crippen LogP contribution in [0.1, 0.15) is 29.9 Å². The van der Waals surface area contributed by atoms with Crippen molar-refractivity contribution in [2.75, 3.05) is 6.54 Å². The molecule has 0 aliphatic carbocycles. The van der Waals surface area contributed by atoms with Gasteiger partial charge in [0.1, 0.15) is 0 Å². The fourth-order valence-electron chi connectivity index (χ4n) is 2.51. The molecule has 1 atom stereocenters. The van der Waals surface area contributed by atoms with E-state index in [4.69, 9.17) is 0 Å². The fraction of sp³-hybridized carbons (Fsp3) is 0.444. The highest BCUT2D eigenvalue weighted by Gasteiger charge is 2.14. The lowest BCUT2D eigenvalue weighted by atomic mass is 9.93. The molecule has 0 saturated heterocycles. The van der Waals surface area contributed by atoms with Crippen molar-refractivity contribution < 1.29 is 0 Å². The number of benzene rings is 1. The summed E-state index contributed by atoms with van der Waals surface area (Å²) in [5.41, 5.74) is 2.88. The minimum atomic E-state index is 0.541. The SMILES string of the molecule is Cc1ccccc1CC(CNC(C)C)Cc1ccc(Br)s1. The lowest BCUT2D eigenvalue weighted by Gasteiger charge is -2.20. The van der Waals surface area contributed by atoms with Crippen LogP contribution < -0.4 is 5.32 Å². The molecule has 114 valence electrons. The molecule has 0 radical (unpaired) electrons. The molecule has 1 nitrogen and oxygen atoms in total. The van der Waals surface area contributed by atoms with E-state index in [9.17, 15) is 0 Å². The van der Waals surface area contributed by atoms with Crippen molar-refractivity contribution >= 4 is 27.3 Å². The van der Waals surface area contributed by atoms with Crippen molar-refractivity contribution in [3.8, 4) is 0 Å². The highest BCUT2D eigenvalue weighted by atomic mass is 79.9. The second-order valence-corrected chi connectivity index (χ2v) is 8.52. The van der Waals surface area contributed by atoms with Crippen molar-refractivity contribution in [3.05, 3.63) is 56.2 Å². The zero-order valence-corrected chi connectivity index (χ0v) is 15.4. The van der Waals surface area contributed by atoms with Crippen LogP contribution in [-0.2, 0) is 12.8 Å². The van der Waals surface area contributed by atoms with Gasteiger partial charge in [0.25, 0.3) is 0 Å². The van der Waals surface area contributed by atoms with E-state index in [2.05, 4.69) is 78.4 Å². The lowest BCUT2D eigenvalue weighted by Crippen LogP contribution is -2.31. The van der Waals surface area contributed by atoms with E-state index in [1.54, 1.807) is 0 Å². The zero-order chi connectivity index (χ0) is 15.2. The maximum Gasteiger partial charge on any atom is 0.0701 e. The van der Waals surface area contributed by atoms with E-state index in [0.29, 0.717) is 12.0 Å². The van der Waals surface area contributed by atoms with Gasteiger partial charge < -0.3 is 5.32 Å². The van der Waals surface area contributed by atoms with E-state index in [1.165, 1.54) is 19.8 Å². The third kappa shape index (κ3) is 5.57. The molecule has 1 unspecified atom stereocenters. The quantitative estimate of drug-likeness (QED) is 0.709. The molecule has 0 fully saturated rings.